The number of hydrogen-bond acceptors (Lipinski definition) is 4. The Balaban J connectivity index is 1.90. The number of ether oxygens (including phenoxy) is 1. The smallest absolute Gasteiger partial charge is 0.378 e. The Kier molecular flexibility index (Phi) is 5.49. The zero-order valence-electron chi connectivity index (χ0n) is 13.5. The molecule has 0 amide bonds. The third-order valence-corrected chi connectivity index (χ3v) is 6.05. The van der Waals surface area contributed by atoms with Gasteiger partial charge < -0.3 is 10.1 Å². The van der Waals surface area contributed by atoms with Gasteiger partial charge in [0.1, 0.15) is 5.25 Å². The molecular weight excluding hydrogens is 428 g/mol. The normalized spacial score (nSPS) is 15.3. The van der Waals surface area contributed by atoms with Crippen molar-refractivity contribution in [3.05, 3.63) is 52.0 Å². The Labute approximate surface area is 163 Å². The average Bonchev–Trinajstić information content (AvgIpc) is 2.48. The number of alkyl halides is 3. The third-order valence-electron chi connectivity index (χ3n) is 3.85. The predicted octanol–water partition coefficient (Wildman–Crippen LogP) is 4.90. The predicted molar refractivity (Wildman–Crippen MR) is 98.3 cm³/mol. The van der Waals surface area contributed by atoms with Gasteiger partial charge in [0, 0.05) is 5.02 Å². The van der Waals surface area contributed by atoms with Gasteiger partial charge in [0.15, 0.2) is 0 Å². The minimum Gasteiger partial charge on any atom is -0.378 e. The zero-order valence-corrected chi connectivity index (χ0v) is 15.8. The third kappa shape index (κ3) is 4.60. The number of halogens is 5. The second kappa shape index (κ2) is 7.38. The van der Waals surface area contributed by atoms with E-state index in [0.29, 0.717) is 5.02 Å². The molecule has 2 N–H and O–H groups in total. The summed E-state index contributed by atoms with van der Waals surface area (Å²) in [6.07, 6.45) is -4.52. The standard InChI is InChI=1S/C16H13Cl2F3N2O3S/c17-10-2-4-14(23-27(24,25)11-7-26-8-11)15(6-10)22-13-3-1-9(5-12(13)18)16(19,20)21/h1-6,11,22-23H,7-8H2. The highest BCUT2D eigenvalue weighted by Crippen LogP contribution is 2.37. The van der Waals surface area contributed by atoms with Crippen LogP contribution in [-0.2, 0) is 20.9 Å². The Morgan fingerprint density at radius 3 is 2.22 bits per heavy atom. The fourth-order valence-corrected chi connectivity index (χ4v) is 3.88. The molecule has 1 heterocycles. The minimum atomic E-state index is -4.52. The van der Waals surface area contributed by atoms with Crippen molar-refractivity contribution >= 4 is 50.3 Å². The van der Waals surface area contributed by atoms with Gasteiger partial charge in [0.25, 0.3) is 0 Å². The summed E-state index contributed by atoms with van der Waals surface area (Å²) >= 11 is 11.9. The van der Waals surface area contributed by atoms with Crippen LogP contribution in [0.25, 0.3) is 0 Å². The van der Waals surface area contributed by atoms with Gasteiger partial charge >= 0.3 is 6.18 Å². The van der Waals surface area contributed by atoms with Crippen molar-refractivity contribution in [1.82, 2.24) is 0 Å². The number of sulfonamides is 1. The second-order valence-corrected chi connectivity index (χ2v) is 8.62. The molecule has 27 heavy (non-hydrogen) atoms. The molecule has 2 aromatic carbocycles. The monoisotopic (exact) mass is 440 g/mol. The lowest BCUT2D eigenvalue weighted by Gasteiger charge is -2.26. The number of nitrogens with one attached hydrogen (secondary N) is 2. The first-order chi connectivity index (χ1) is 12.6. The highest BCUT2D eigenvalue weighted by Gasteiger charge is 2.33. The van der Waals surface area contributed by atoms with Gasteiger partial charge in [0.2, 0.25) is 10.0 Å². The maximum Gasteiger partial charge on any atom is 0.416 e. The van der Waals surface area contributed by atoms with Crippen LogP contribution in [0.3, 0.4) is 0 Å². The van der Waals surface area contributed by atoms with E-state index in [1.54, 1.807) is 0 Å². The number of anilines is 3. The number of rotatable bonds is 5. The largest absolute Gasteiger partial charge is 0.416 e. The van der Waals surface area contributed by atoms with Gasteiger partial charge in [-0.25, -0.2) is 8.42 Å². The van der Waals surface area contributed by atoms with E-state index in [1.807, 2.05) is 0 Å². The molecule has 0 radical (unpaired) electrons. The van der Waals surface area contributed by atoms with E-state index in [-0.39, 0.29) is 35.3 Å². The fourth-order valence-electron chi connectivity index (χ4n) is 2.28. The molecule has 146 valence electrons. The van der Waals surface area contributed by atoms with E-state index in [4.69, 9.17) is 27.9 Å². The van der Waals surface area contributed by atoms with Crippen LogP contribution in [0.4, 0.5) is 30.2 Å². The first-order valence-electron chi connectivity index (χ1n) is 7.59. The molecule has 0 bridgehead atoms. The first-order valence-corrected chi connectivity index (χ1v) is 9.89. The summed E-state index contributed by atoms with van der Waals surface area (Å²) in [5.74, 6) is 0. The van der Waals surface area contributed by atoms with E-state index >= 15 is 0 Å². The molecule has 5 nitrogen and oxygen atoms in total. The van der Waals surface area contributed by atoms with E-state index in [9.17, 15) is 21.6 Å². The van der Waals surface area contributed by atoms with Gasteiger partial charge in [-0.2, -0.15) is 13.2 Å². The van der Waals surface area contributed by atoms with Crippen molar-refractivity contribution < 1.29 is 26.3 Å². The minimum absolute atomic E-state index is 0.0937. The van der Waals surface area contributed by atoms with Crippen molar-refractivity contribution in [2.75, 3.05) is 23.3 Å². The van der Waals surface area contributed by atoms with Crippen molar-refractivity contribution in [3.8, 4) is 0 Å². The SMILES string of the molecule is O=S(=O)(Nc1ccc(Cl)cc1Nc1ccc(C(F)(F)F)cc1Cl)C1COC1. The van der Waals surface area contributed by atoms with Gasteiger partial charge in [-0.15, -0.1) is 0 Å². The molecule has 0 saturated carbocycles. The van der Waals surface area contributed by atoms with Gasteiger partial charge in [-0.1, -0.05) is 23.2 Å². The van der Waals surface area contributed by atoms with Crippen molar-refractivity contribution in [1.29, 1.82) is 0 Å². The van der Waals surface area contributed by atoms with E-state index < -0.39 is 27.0 Å². The second-order valence-electron chi connectivity index (χ2n) is 5.81. The maximum atomic E-state index is 12.8. The summed E-state index contributed by atoms with van der Waals surface area (Å²) in [4.78, 5) is 0. The lowest BCUT2D eigenvalue weighted by molar-refractivity contribution is -0.137. The first kappa shape index (κ1) is 20.1. The van der Waals surface area contributed by atoms with E-state index in [1.165, 1.54) is 18.2 Å². The molecule has 0 spiro atoms. The van der Waals surface area contributed by atoms with Crippen LogP contribution in [-0.4, -0.2) is 26.9 Å². The highest BCUT2D eigenvalue weighted by molar-refractivity contribution is 7.93. The molecule has 11 heteroatoms. The van der Waals surface area contributed by atoms with Gasteiger partial charge in [-0.3, -0.25) is 4.72 Å². The van der Waals surface area contributed by atoms with Crippen molar-refractivity contribution in [2.24, 2.45) is 0 Å². The van der Waals surface area contributed by atoms with Crippen LogP contribution in [0.1, 0.15) is 5.56 Å². The van der Waals surface area contributed by atoms with Crippen molar-refractivity contribution in [2.45, 2.75) is 11.4 Å². The summed E-state index contributed by atoms with van der Waals surface area (Å²) in [5, 5.41) is 2.27. The fraction of sp³-hybridized carbons (Fsp3) is 0.250. The molecule has 0 aliphatic carbocycles. The molecule has 1 aliphatic rings. The molecule has 0 unspecified atom stereocenters. The Bertz CT molecular complexity index is 964. The molecule has 1 aliphatic heterocycles. The maximum absolute atomic E-state index is 12.8. The van der Waals surface area contributed by atoms with Gasteiger partial charge in [-0.05, 0) is 36.4 Å². The molecule has 1 saturated heterocycles. The Morgan fingerprint density at radius 1 is 1.00 bits per heavy atom. The lowest BCUT2D eigenvalue weighted by Crippen LogP contribution is -2.43. The summed E-state index contributed by atoms with van der Waals surface area (Å²) in [5.41, 5.74) is -0.301. The Hall–Kier alpha value is -1.68. The molecule has 0 atom stereocenters. The van der Waals surface area contributed by atoms with Crippen LogP contribution in [0.15, 0.2) is 36.4 Å². The summed E-state index contributed by atoms with van der Waals surface area (Å²) in [6.45, 7) is 0.187. The lowest BCUT2D eigenvalue weighted by atomic mass is 10.2. The molecule has 1 fully saturated rings. The quantitative estimate of drug-likeness (QED) is 0.693. The highest BCUT2D eigenvalue weighted by atomic mass is 35.5. The molecule has 3 rings (SSSR count). The van der Waals surface area contributed by atoms with Crippen molar-refractivity contribution in [3.63, 3.8) is 0 Å². The van der Waals surface area contributed by atoms with Crippen LogP contribution < -0.4 is 10.0 Å². The van der Waals surface area contributed by atoms with Crippen LogP contribution in [0, 0.1) is 0 Å². The molecule has 0 aromatic heterocycles. The van der Waals surface area contributed by atoms with Crippen LogP contribution in [0.2, 0.25) is 10.0 Å². The average molecular weight is 441 g/mol. The number of hydrogen-bond donors (Lipinski definition) is 2. The zero-order chi connectivity index (χ0) is 19.8. The van der Waals surface area contributed by atoms with Crippen LogP contribution >= 0.6 is 23.2 Å². The topological polar surface area (TPSA) is 67.4 Å². The van der Waals surface area contributed by atoms with Crippen LogP contribution in [0.5, 0.6) is 0 Å². The Morgan fingerprint density at radius 2 is 1.67 bits per heavy atom. The summed E-state index contributed by atoms with van der Waals surface area (Å²) < 4.78 is 70.2. The van der Waals surface area contributed by atoms with Gasteiger partial charge in [0.05, 0.1) is 40.9 Å². The van der Waals surface area contributed by atoms with E-state index in [2.05, 4.69) is 10.0 Å². The number of benzene rings is 2. The van der Waals surface area contributed by atoms with E-state index in [0.717, 1.165) is 18.2 Å². The summed E-state index contributed by atoms with van der Waals surface area (Å²) in [6, 6.07) is 7.17. The molecule has 2 aromatic rings. The molecular formula is C16H13Cl2F3N2O3S. The summed E-state index contributed by atoms with van der Waals surface area (Å²) in [7, 11) is -3.68.